The fourth-order valence-corrected chi connectivity index (χ4v) is 2.55. The minimum Gasteiger partial charge on any atom is -0.314 e. The van der Waals surface area contributed by atoms with Crippen molar-refractivity contribution in [2.24, 2.45) is 0 Å². The molecule has 0 atom stereocenters. The van der Waals surface area contributed by atoms with Crippen molar-refractivity contribution in [3.05, 3.63) is 34.3 Å². The number of likely N-dealkylation sites (tertiary alicyclic amines) is 1. The van der Waals surface area contributed by atoms with Crippen LogP contribution in [0.1, 0.15) is 18.4 Å². The van der Waals surface area contributed by atoms with Crippen molar-refractivity contribution in [2.45, 2.75) is 25.3 Å². The maximum absolute atomic E-state index is 3.67. The van der Waals surface area contributed by atoms with Crippen LogP contribution >= 0.6 is 15.9 Å². The van der Waals surface area contributed by atoms with Gasteiger partial charge in [-0.05, 0) is 63.6 Å². The number of nitrogens with one attached hydrogen (secondary N) is 1. The Hall–Kier alpha value is -0.380. The molecule has 1 aromatic rings. The zero-order chi connectivity index (χ0) is 12.1. The summed E-state index contributed by atoms with van der Waals surface area (Å²) in [6.45, 7) is 3.56. The van der Waals surface area contributed by atoms with Gasteiger partial charge in [-0.25, -0.2) is 0 Å². The molecule has 17 heavy (non-hydrogen) atoms. The average molecular weight is 297 g/mol. The molecular formula is C14H21BrN2. The summed E-state index contributed by atoms with van der Waals surface area (Å²) in [5.41, 5.74) is 1.41. The molecule has 0 saturated carbocycles. The van der Waals surface area contributed by atoms with Gasteiger partial charge in [0.2, 0.25) is 0 Å². The van der Waals surface area contributed by atoms with Gasteiger partial charge >= 0.3 is 0 Å². The van der Waals surface area contributed by atoms with Crippen LogP contribution < -0.4 is 5.32 Å². The SMILES string of the molecule is CN1CCC(NCCc2ccc(Br)cc2)CC1. The van der Waals surface area contributed by atoms with Gasteiger partial charge in [0.1, 0.15) is 0 Å². The molecule has 1 N–H and O–H groups in total. The van der Waals surface area contributed by atoms with Crippen LogP contribution in [0.3, 0.4) is 0 Å². The zero-order valence-corrected chi connectivity index (χ0v) is 12.0. The molecule has 0 aliphatic carbocycles. The molecule has 2 nitrogen and oxygen atoms in total. The van der Waals surface area contributed by atoms with E-state index in [1.54, 1.807) is 0 Å². The Morgan fingerprint density at radius 3 is 2.53 bits per heavy atom. The number of rotatable bonds is 4. The van der Waals surface area contributed by atoms with E-state index in [4.69, 9.17) is 0 Å². The second kappa shape index (κ2) is 6.53. The van der Waals surface area contributed by atoms with E-state index in [9.17, 15) is 0 Å². The first-order chi connectivity index (χ1) is 8.24. The molecule has 94 valence electrons. The van der Waals surface area contributed by atoms with E-state index in [-0.39, 0.29) is 0 Å². The third-order valence-corrected chi connectivity index (χ3v) is 4.01. The Kier molecular flexibility index (Phi) is 5.01. The van der Waals surface area contributed by atoms with Crippen molar-refractivity contribution in [2.75, 3.05) is 26.7 Å². The van der Waals surface area contributed by atoms with Crippen molar-refractivity contribution < 1.29 is 0 Å². The first kappa shape index (κ1) is 13.1. The van der Waals surface area contributed by atoms with Crippen LogP contribution in [0.25, 0.3) is 0 Å². The van der Waals surface area contributed by atoms with Crippen LogP contribution in [-0.2, 0) is 6.42 Å². The third kappa shape index (κ3) is 4.41. The highest BCUT2D eigenvalue weighted by atomic mass is 79.9. The van der Waals surface area contributed by atoms with E-state index in [0.717, 1.165) is 23.5 Å². The maximum atomic E-state index is 3.67. The maximum Gasteiger partial charge on any atom is 0.0175 e. The highest BCUT2D eigenvalue weighted by Gasteiger charge is 2.15. The number of halogens is 1. The quantitative estimate of drug-likeness (QED) is 0.919. The summed E-state index contributed by atoms with van der Waals surface area (Å²) >= 11 is 3.46. The van der Waals surface area contributed by atoms with Crippen molar-refractivity contribution in [3.63, 3.8) is 0 Å². The van der Waals surface area contributed by atoms with E-state index in [0.29, 0.717) is 0 Å². The molecule has 0 unspecified atom stereocenters. The van der Waals surface area contributed by atoms with Crippen molar-refractivity contribution in [1.29, 1.82) is 0 Å². The predicted octanol–water partition coefficient (Wildman–Crippen LogP) is 2.68. The zero-order valence-electron chi connectivity index (χ0n) is 10.5. The molecule has 1 fully saturated rings. The smallest absolute Gasteiger partial charge is 0.0175 e. The molecular weight excluding hydrogens is 276 g/mol. The molecule has 1 aromatic carbocycles. The molecule has 0 spiro atoms. The lowest BCUT2D eigenvalue weighted by Crippen LogP contribution is -2.41. The average Bonchev–Trinajstić information content (AvgIpc) is 2.34. The third-order valence-electron chi connectivity index (χ3n) is 3.48. The fourth-order valence-electron chi connectivity index (χ4n) is 2.28. The van der Waals surface area contributed by atoms with Gasteiger partial charge in [0, 0.05) is 10.5 Å². The van der Waals surface area contributed by atoms with Gasteiger partial charge in [0.25, 0.3) is 0 Å². The van der Waals surface area contributed by atoms with Gasteiger partial charge in [0.05, 0.1) is 0 Å². The van der Waals surface area contributed by atoms with E-state index in [1.165, 1.54) is 31.5 Å². The van der Waals surface area contributed by atoms with Crippen LogP contribution in [-0.4, -0.2) is 37.6 Å². The Balaban J connectivity index is 1.67. The number of hydrogen-bond acceptors (Lipinski definition) is 2. The van der Waals surface area contributed by atoms with E-state index < -0.39 is 0 Å². The van der Waals surface area contributed by atoms with Crippen LogP contribution in [0.5, 0.6) is 0 Å². The molecule has 0 radical (unpaired) electrons. The van der Waals surface area contributed by atoms with Crippen LogP contribution in [0.15, 0.2) is 28.7 Å². The topological polar surface area (TPSA) is 15.3 Å². The summed E-state index contributed by atoms with van der Waals surface area (Å²) in [6, 6.07) is 9.35. The molecule has 0 amide bonds. The Labute approximate surface area is 113 Å². The first-order valence-electron chi connectivity index (χ1n) is 6.40. The van der Waals surface area contributed by atoms with Crippen molar-refractivity contribution in [3.8, 4) is 0 Å². The van der Waals surface area contributed by atoms with Crippen molar-refractivity contribution in [1.82, 2.24) is 10.2 Å². The molecule has 0 aromatic heterocycles. The van der Waals surface area contributed by atoms with E-state index >= 15 is 0 Å². The van der Waals surface area contributed by atoms with Gasteiger partial charge in [-0.3, -0.25) is 0 Å². The molecule has 1 aliphatic heterocycles. The standard InChI is InChI=1S/C14H21BrN2/c1-17-10-7-14(8-11-17)16-9-6-12-2-4-13(15)5-3-12/h2-5,14,16H,6-11H2,1H3. The molecule has 1 saturated heterocycles. The number of hydrogen-bond donors (Lipinski definition) is 1. The normalized spacial score (nSPS) is 18.5. The number of piperidine rings is 1. The van der Waals surface area contributed by atoms with Crippen molar-refractivity contribution >= 4 is 15.9 Å². The Morgan fingerprint density at radius 1 is 1.24 bits per heavy atom. The Morgan fingerprint density at radius 2 is 1.88 bits per heavy atom. The minimum atomic E-state index is 0.724. The highest BCUT2D eigenvalue weighted by Crippen LogP contribution is 2.11. The summed E-state index contributed by atoms with van der Waals surface area (Å²) in [7, 11) is 2.21. The van der Waals surface area contributed by atoms with Gasteiger partial charge in [0.15, 0.2) is 0 Å². The van der Waals surface area contributed by atoms with E-state index in [2.05, 4.69) is 57.5 Å². The monoisotopic (exact) mass is 296 g/mol. The minimum absolute atomic E-state index is 0.724. The predicted molar refractivity (Wildman–Crippen MR) is 76.4 cm³/mol. The molecule has 1 aliphatic rings. The van der Waals surface area contributed by atoms with Crippen LogP contribution in [0, 0.1) is 0 Å². The van der Waals surface area contributed by atoms with Gasteiger partial charge in [-0.15, -0.1) is 0 Å². The molecule has 3 heteroatoms. The second-order valence-electron chi connectivity index (χ2n) is 4.91. The molecule has 2 rings (SSSR count). The van der Waals surface area contributed by atoms with Gasteiger partial charge < -0.3 is 10.2 Å². The fraction of sp³-hybridized carbons (Fsp3) is 0.571. The highest BCUT2D eigenvalue weighted by molar-refractivity contribution is 9.10. The molecule has 1 heterocycles. The van der Waals surface area contributed by atoms with E-state index in [1.807, 2.05) is 0 Å². The Bertz CT molecular complexity index is 329. The largest absolute Gasteiger partial charge is 0.314 e. The van der Waals surface area contributed by atoms with Crippen LogP contribution in [0.2, 0.25) is 0 Å². The second-order valence-corrected chi connectivity index (χ2v) is 5.82. The first-order valence-corrected chi connectivity index (χ1v) is 7.20. The lowest BCUT2D eigenvalue weighted by atomic mass is 10.1. The summed E-state index contributed by atoms with van der Waals surface area (Å²) < 4.78 is 1.16. The lowest BCUT2D eigenvalue weighted by molar-refractivity contribution is 0.235. The summed E-state index contributed by atoms with van der Waals surface area (Å²) in [5, 5.41) is 3.67. The summed E-state index contributed by atoms with van der Waals surface area (Å²) in [4.78, 5) is 2.41. The molecule has 0 bridgehead atoms. The number of benzene rings is 1. The van der Waals surface area contributed by atoms with Crippen LogP contribution in [0.4, 0.5) is 0 Å². The summed E-state index contributed by atoms with van der Waals surface area (Å²) in [6.07, 6.45) is 3.70. The van der Waals surface area contributed by atoms with Gasteiger partial charge in [-0.2, -0.15) is 0 Å². The number of nitrogens with zero attached hydrogens (tertiary/aromatic N) is 1. The van der Waals surface area contributed by atoms with Gasteiger partial charge in [-0.1, -0.05) is 28.1 Å². The lowest BCUT2D eigenvalue weighted by Gasteiger charge is -2.29. The summed E-state index contributed by atoms with van der Waals surface area (Å²) in [5.74, 6) is 0.